The molecule has 20 heavy (non-hydrogen) atoms. The van der Waals surface area contributed by atoms with E-state index >= 15 is 0 Å². The summed E-state index contributed by atoms with van der Waals surface area (Å²) < 4.78 is 15.2. The van der Waals surface area contributed by atoms with Gasteiger partial charge in [-0.05, 0) is 30.7 Å². The van der Waals surface area contributed by atoms with Gasteiger partial charge >= 0.3 is 0 Å². The summed E-state index contributed by atoms with van der Waals surface area (Å²) in [6, 6.07) is 4.50. The number of nitrogens with zero attached hydrogens (tertiary/aromatic N) is 3. The number of rotatable bonds is 6. The highest BCUT2D eigenvalue weighted by atomic mass is 35.5. The van der Waals surface area contributed by atoms with E-state index < -0.39 is 0 Å². The lowest BCUT2D eigenvalue weighted by Gasteiger charge is -2.04. The largest absolute Gasteiger partial charge is 0.311 e. The van der Waals surface area contributed by atoms with E-state index in [1.807, 2.05) is 6.20 Å². The fourth-order valence-electron chi connectivity index (χ4n) is 1.82. The second-order valence-corrected chi connectivity index (χ2v) is 5.60. The molecule has 1 N–H and O–H groups in total. The number of nitrogens with one attached hydrogen (secondary N) is 1. The first-order valence-electron chi connectivity index (χ1n) is 6.58. The molecule has 0 saturated carbocycles. The third kappa shape index (κ3) is 4.28. The van der Waals surface area contributed by atoms with Crippen molar-refractivity contribution in [3.8, 4) is 0 Å². The van der Waals surface area contributed by atoms with Gasteiger partial charge in [0, 0.05) is 17.1 Å². The summed E-state index contributed by atoms with van der Waals surface area (Å²) >= 11 is 5.86. The van der Waals surface area contributed by atoms with Crippen LogP contribution in [0.2, 0.25) is 5.02 Å². The van der Waals surface area contributed by atoms with Crippen molar-refractivity contribution in [2.45, 2.75) is 26.9 Å². The van der Waals surface area contributed by atoms with Gasteiger partial charge in [0.1, 0.15) is 5.82 Å². The Morgan fingerprint density at radius 2 is 2.20 bits per heavy atom. The van der Waals surface area contributed by atoms with Crippen LogP contribution in [0.25, 0.3) is 0 Å². The molecule has 0 unspecified atom stereocenters. The molecule has 0 aliphatic carbocycles. The monoisotopic (exact) mass is 296 g/mol. The zero-order valence-corrected chi connectivity index (χ0v) is 12.4. The minimum absolute atomic E-state index is 0.288. The van der Waals surface area contributed by atoms with Crippen LogP contribution < -0.4 is 5.32 Å². The summed E-state index contributed by atoms with van der Waals surface area (Å²) in [6.45, 7) is 6.20. The number of benzene rings is 1. The minimum Gasteiger partial charge on any atom is -0.311 e. The molecular formula is C14H18ClFN4. The van der Waals surface area contributed by atoms with Crippen molar-refractivity contribution >= 4 is 11.6 Å². The molecule has 1 aromatic carbocycles. The first-order chi connectivity index (χ1) is 9.54. The van der Waals surface area contributed by atoms with Crippen LogP contribution in [0.3, 0.4) is 0 Å². The van der Waals surface area contributed by atoms with Crippen molar-refractivity contribution in [2.75, 3.05) is 6.54 Å². The van der Waals surface area contributed by atoms with E-state index in [1.165, 1.54) is 12.1 Å². The fourth-order valence-corrected chi connectivity index (χ4v) is 2.02. The van der Waals surface area contributed by atoms with E-state index in [0.717, 1.165) is 12.2 Å². The molecule has 0 atom stereocenters. The molecular weight excluding hydrogens is 279 g/mol. The van der Waals surface area contributed by atoms with Crippen LogP contribution in [0, 0.1) is 11.7 Å². The van der Waals surface area contributed by atoms with E-state index in [-0.39, 0.29) is 5.82 Å². The van der Waals surface area contributed by atoms with Gasteiger partial charge in [0.2, 0.25) is 0 Å². The molecule has 1 aromatic heterocycles. The maximum absolute atomic E-state index is 13.6. The van der Waals surface area contributed by atoms with Crippen LogP contribution in [-0.4, -0.2) is 21.5 Å². The summed E-state index contributed by atoms with van der Waals surface area (Å²) in [6.07, 6.45) is 1.81. The number of aromatic nitrogens is 3. The zero-order chi connectivity index (χ0) is 14.5. The smallest absolute Gasteiger partial charge is 0.128 e. The molecule has 0 radical (unpaired) electrons. The molecule has 0 saturated heterocycles. The quantitative estimate of drug-likeness (QED) is 0.891. The molecule has 0 aliphatic heterocycles. The average molecular weight is 297 g/mol. The molecule has 6 heteroatoms. The Labute approximate surface area is 122 Å². The SMILES string of the molecule is CC(C)CNCc1cn(Cc2cc(Cl)ccc2F)nn1. The third-order valence-corrected chi connectivity index (χ3v) is 3.02. The van der Waals surface area contributed by atoms with Crippen LogP contribution in [0.1, 0.15) is 25.1 Å². The number of hydrogen-bond acceptors (Lipinski definition) is 3. The van der Waals surface area contributed by atoms with Gasteiger partial charge in [-0.15, -0.1) is 5.10 Å². The molecule has 0 fully saturated rings. The van der Waals surface area contributed by atoms with E-state index in [1.54, 1.807) is 10.7 Å². The summed E-state index contributed by atoms with van der Waals surface area (Å²) in [5.41, 5.74) is 1.34. The Morgan fingerprint density at radius 3 is 2.95 bits per heavy atom. The third-order valence-electron chi connectivity index (χ3n) is 2.78. The lowest BCUT2D eigenvalue weighted by molar-refractivity contribution is 0.548. The average Bonchev–Trinajstić information content (AvgIpc) is 2.81. The second-order valence-electron chi connectivity index (χ2n) is 5.17. The van der Waals surface area contributed by atoms with Crippen molar-refractivity contribution < 1.29 is 4.39 Å². The van der Waals surface area contributed by atoms with Gasteiger partial charge in [0.05, 0.1) is 18.4 Å². The maximum Gasteiger partial charge on any atom is 0.128 e. The molecule has 0 aliphatic rings. The highest BCUT2D eigenvalue weighted by Crippen LogP contribution is 2.15. The first-order valence-corrected chi connectivity index (χ1v) is 6.96. The predicted molar refractivity (Wildman–Crippen MR) is 77.1 cm³/mol. The topological polar surface area (TPSA) is 42.7 Å². The van der Waals surface area contributed by atoms with E-state index in [2.05, 4.69) is 29.5 Å². The Balaban J connectivity index is 1.97. The number of hydrogen-bond donors (Lipinski definition) is 1. The van der Waals surface area contributed by atoms with Gasteiger partial charge in [-0.2, -0.15) is 0 Å². The summed E-state index contributed by atoms with van der Waals surface area (Å²) in [5.74, 6) is 0.301. The molecule has 4 nitrogen and oxygen atoms in total. The van der Waals surface area contributed by atoms with Crippen molar-refractivity contribution in [1.29, 1.82) is 0 Å². The lowest BCUT2D eigenvalue weighted by Crippen LogP contribution is -2.19. The molecule has 2 rings (SSSR count). The van der Waals surface area contributed by atoms with Crippen molar-refractivity contribution in [3.05, 3.63) is 46.5 Å². The zero-order valence-electron chi connectivity index (χ0n) is 11.6. The van der Waals surface area contributed by atoms with E-state index in [9.17, 15) is 4.39 Å². The van der Waals surface area contributed by atoms with Crippen LogP contribution in [0.5, 0.6) is 0 Å². The molecule has 2 aromatic rings. The Bertz CT molecular complexity index is 568. The van der Waals surface area contributed by atoms with Crippen molar-refractivity contribution in [3.63, 3.8) is 0 Å². The number of halogens is 2. The minimum atomic E-state index is -0.288. The van der Waals surface area contributed by atoms with Gasteiger partial charge < -0.3 is 5.32 Å². The summed E-state index contributed by atoms with van der Waals surface area (Å²) in [4.78, 5) is 0. The first kappa shape index (κ1) is 14.9. The van der Waals surface area contributed by atoms with Crippen molar-refractivity contribution in [1.82, 2.24) is 20.3 Å². The van der Waals surface area contributed by atoms with Gasteiger partial charge in [-0.3, -0.25) is 0 Å². The normalized spacial score (nSPS) is 11.2. The van der Waals surface area contributed by atoms with E-state index in [4.69, 9.17) is 11.6 Å². The van der Waals surface area contributed by atoms with Crippen molar-refractivity contribution in [2.24, 2.45) is 5.92 Å². The standard InChI is InChI=1S/C14H18ClFN4/c1-10(2)6-17-7-13-9-20(19-18-13)8-11-5-12(15)3-4-14(11)16/h3-5,9-10,17H,6-8H2,1-2H3. The highest BCUT2D eigenvalue weighted by Gasteiger charge is 2.06. The molecule has 0 spiro atoms. The Morgan fingerprint density at radius 1 is 1.40 bits per heavy atom. The Kier molecular flexibility index (Phi) is 5.09. The summed E-state index contributed by atoms with van der Waals surface area (Å²) in [5, 5.41) is 11.9. The van der Waals surface area contributed by atoms with E-state index in [0.29, 0.717) is 29.6 Å². The van der Waals surface area contributed by atoms with Crippen LogP contribution >= 0.6 is 11.6 Å². The van der Waals surface area contributed by atoms with Crippen LogP contribution in [0.15, 0.2) is 24.4 Å². The molecule has 0 amide bonds. The summed E-state index contributed by atoms with van der Waals surface area (Å²) in [7, 11) is 0. The molecule has 0 bridgehead atoms. The lowest BCUT2D eigenvalue weighted by atomic mass is 10.2. The fraction of sp³-hybridized carbons (Fsp3) is 0.429. The maximum atomic E-state index is 13.6. The van der Waals surface area contributed by atoms with Crippen LogP contribution in [-0.2, 0) is 13.1 Å². The van der Waals surface area contributed by atoms with Gasteiger partial charge in [-0.1, -0.05) is 30.7 Å². The van der Waals surface area contributed by atoms with Gasteiger partial charge in [-0.25, -0.2) is 9.07 Å². The Hall–Kier alpha value is -1.46. The van der Waals surface area contributed by atoms with Crippen LogP contribution in [0.4, 0.5) is 4.39 Å². The van der Waals surface area contributed by atoms with Gasteiger partial charge in [0.15, 0.2) is 0 Å². The second kappa shape index (κ2) is 6.81. The molecule has 108 valence electrons. The van der Waals surface area contributed by atoms with Gasteiger partial charge in [0.25, 0.3) is 0 Å². The predicted octanol–water partition coefficient (Wildman–Crippen LogP) is 2.86. The molecule has 1 heterocycles. The highest BCUT2D eigenvalue weighted by molar-refractivity contribution is 6.30.